The fourth-order valence-electron chi connectivity index (χ4n) is 5.35. The summed E-state index contributed by atoms with van der Waals surface area (Å²) < 4.78 is 5.80. The van der Waals surface area contributed by atoms with Crippen molar-refractivity contribution in [2.24, 2.45) is 5.41 Å². The Morgan fingerprint density at radius 2 is 2.06 bits per heavy atom. The Bertz CT molecular complexity index is 1230. The van der Waals surface area contributed by atoms with Gasteiger partial charge in [-0.2, -0.15) is 5.10 Å². The topological polar surface area (TPSA) is 91.3 Å². The number of aromatic nitrogens is 3. The van der Waals surface area contributed by atoms with E-state index in [1.54, 1.807) is 11.3 Å². The number of piperidine rings is 1. The van der Waals surface area contributed by atoms with Gasteiger partial charge in [-0.05, 0) is 57.1 Å². The molecule has 2 aliphatic rings. The molecule has 1 aliphatic carbocycles. The largest absolute Gasteiger partial charge is 0.492 e. The number of rotatable bonds is 3. The lowest BCUT2D eigenvalue weighted by Gasteiger charge is -2.45. The third-order valence-corrected chi connectivity index (χ3v) is 8.83. The van der Waals surface area contributed by atoms with E-state index in [1.807, 2.05) is 30.9 Å². The molecule has 2 aromatic heterocycles. The summed E-state index contributed by atoms with van der Waals surface area (Å²) in [5.74, 6) is 0.698. The summed E-state index contributed by atoms with van der Waals surface area (Å²) in [4.78, 5) is 21.4. The minimum absolute atomic E-state index is 0.0144. The van der Waals surface area contributed by atoms with Crippen molar-refractivity contribution >= 4 is 28.1 Å². The molecule has 3 heterocycles. The van der Waals surface area contributed by atoms with Gasteiger partial charge in [0.2, 0.25) is 0 Å². The lowest BCUT2D eigenvalue weighted by molar-refractivity contribution is 0.0255. The number of hydrogen-bond acceptors (Lipinski definition) is 6. The Balaban J connectivity index is 1.34. The molecule has 1 aliphatic heterocycles. The second-order valence-electron chi connectivity index (χ2n) is 10.9. The molecule has 0 radical (unpaired) electrons. The van der Waals surface area contributed by atoms with Crippen molar-refractivity contribution in [2.45, 2.75) is 71.8 Å². The minimum atomic E-state index is -0.515. The molecule has 0 saturated carbocycles. The zero-order chi connectivity index (χ0) is 24.3. The van der Waals surface area contributed by atoms with Crippen LogP contribution < -0.4 is 4.74 Å². The number of nitrogens with zero attached hydrogens (tertiary/aromatic N) is 3. The Kier molecular flexibility index (Phi) is 5.72. The van der Waals surface area contributed by atoms with Gasteiger partial charge < -0.3 is 14.7 Å². The third-order valence-electron chi connectivity index (χ3n) is 7.33. The van der Waals surface area contributed by atoms with Crippen LogP contribution in [-0.2, 0) is 11.8 Å². The average Bonchev–Trinajstić information content (AvgIpc) is 3.38. The molecule has 1 amide bonds. The molecule has 182 valence electrons. The number of thiazole rings is 1. The summed E-state index contributed by atoms with van der Waals surface area (Å²) in [5, 5.41) is 20.3. The number of ether oxygens (including phenoxy) is 1. The number of nitrogens with one attached hydrogen (secondary N) is 1. The number of carbonyl (C=O) groups excluding carboxylic acids is 1. The molecule has 1 atom stereocenters. The zero-order valence-electron chi connectivity index (χ0n) is 20.7. The number of benzene rings is 1. The van der Waals surface area contributed by atoms with Gasteiger partial charge in [-0.25, -0.2) is 4.98 Å². The lowest BCUT2D eigenvalue weighted by Crippen LogP contribution is -2.45. The van der Waals surface area contributed by atoms with Gasteiger partial charge in [-0.1, -0.05) is 20.8 Å². The Labute approximate surface area is 204 Å². The van der Waals surface area contributed by atoms with Crippen molar-refractivity contribution < 1.29 is 14.6 Å². The van der Waals surface area contributed by atoms with Gasteiger partial charge in [0, 0.05) is 34.3 Å². The molecule has 0 bridgehead atoms. The highest BCUT2D eigenvalue weighted by molar-refractivity contribution is 7.11. The molecular formula is C26H34N4O3S. The van der Waals surface area contributed by atoms with Crippen LogP contribution in [0.15, 0.2) is 12.1 Å². The van der Waals surface area contributed by atoms with Gasteiger partial charge in [-0.15, -0.1) is 11.3 Å². The number of aliphatic hydroxyl groups is 1. The summed E-state index contributed by atoms with van der Waals surface area (Å²) in [6.07, 6.45) is 2.94. The molecule has 3 aromatic rings. The first-order chi connectivity index (χ1) is 16.1. The third kappa shape index (κ3) is 4.01. The Morgan fingerprint density at radius 1 is 1.32 bits per heavy atom. The van der Waals surface area contributed by atoms with Crippen LogP contribution in [0.25, 0.3) is 10.9 Å². The lowest BCUT2D eigenvalue weighted by atomic mass is 9.68. The Hall–Kier alpha value is -2.45. The van der Waals surface area contributed by atoms with E-state index in [0.717, 1.165) is 53.0 Å². The van der Waals surface area contributed by atoms with Gasteiger partial charge in [0.25, 0.3) is 5.91 Å². The predicted octanol–water partition coefficient (Wildman–Crippen LogP) is 4.93. The van der Waals surface area contributed by atoms with Crippen LogP contribution in [0.1, 0.15) is 84.7 Å². The number of H-pyrrole nitrogens is 1. The number of hydrogen-bond donors (Lipinski definition) is 2. The van der Waals surface area contributed by atoms with Gasteiger partial charge >= 0.3 is 0 Å². The van der Waals surface area contributed by atoms with Crippen LogP contribution in [0, 0.1) is 12.3 Å². The molecule has 1 saturated heterocycles. The molecule has 1 fully saturated rings. The van der Waals surface area contributed by atoms with Crippen LogP contribution in [0.4, 0.5) is 0 Å². The SMILES string of the molecule is CCOc1cc(C(=O)N2CCC3(CC2)Cc2sc(C(C)(C)C)nc2[C@H](O)C3)cc2c(C)n[nH]c12. The average molecular weight is 483 g/mol. The molecule has 1 spiro atoms. The van der Waals surface area contributed by atoms with Crippen LogP contribution in [0.5, 0.6) is 5.75 Å². The van der Waals surface area contributed by atoms with Crippen LogP contribution in [0.2, 0.25) is 0 Å². The van der Waals surface area contributed by atoms with Crippen LogP contribution in [-0.4, -0.2) is 50.8 Å². The number of aliphatic hydroxyl groups excluding tert-OH is 1. The summed E-state index contributed by atoms with van der Waals surface area (Å²) in [5.41, 5.74) is 3.23. The van der Waals surface area contributed by atoms with Crippen molar-refractivity contribution in [3.8, 4) is 5.75 Å². The molecule has 8 heteroatoms. The normalized spacial score (nSPS) is 20.1. The number of amides is 1. The van der Waals surface area contributed by atoms with Gasteiger partial charge in [0.05, 0.1) is 29.1 Å². The molecule has 0 unspecified atom stereocenters. The number of aromatic amines is 1. The standard InChI is InChI=1S/C26H34N4O3S/c1-6-33-19-12-16(11-17-15(2)28-29-21(17)19)23(32)30-9-7-26(8-10-30)13-18(31)22-20(14-26)34-24(27-22)25(3,4)5/h11-12,18,31H,6-10,13-14H2,1-5H3,(H,28,29)/t18-/m1/s1. The van der Waals surface area contributed by atoms with Gasteiger partial charge in [-0.3, -0.25) is 9.89 Å². The van der Waals surface area contributed by atoms with Crippen molar-refractivity contribution in [1.29, 1.82) is 0 Å². The zero-order valence-corrected chi connectivity index (χ0v) is 21.5. The quantitative estimate of drug-likeness (QED) is 0.553. The van der Waals surface area contributed by atoms with E-state index in [-0.39, 0.29) is 16.7 Å². The second-order valence-corrected chi connectivity index (χ2v) is 12.0. The molecule has 2 N–H and O–H groups in total. The second kappa shape index (κ2) is 8.34. The maximum atomic E-state index is 13.5. The van der Waals surface area contributed by atoms with Crippen molar-refractivity contribution in [3.05, 3.63) is 39.0 Å². The van der Waals surface area contributed by atoms with Crippen LogP contribution >= 0.6 is 11.3 Å². The fraction of sp³-hybridized carbons (Fsp3) is 0.577. The van der Waals surface area contributed by atoms with E-state index in [9.17, 15) is 9.90 Å². The van der Waals surface area contributed by atoms with Gasteiger partial charge in [0.1, 0.15) is 11.3 Å². The van der Waals surface area contributed by atoms with E-state index < -0.39 is 6.10 Å². The first-order valence-corrected chi connectivity index (χ1v) is 13.0. The highest BCUT2D eigenvalue weighted by Gasteiger charge is 2.44. The Morgan fingerprint density at radius 3 is 2.74 bits per heavy atom. The van der Waals surface area contributed by atoms with Crippen molar-refractivity contribution in [3.63, 3.8) is 0 Å². The molecular weight excluding hydrogens is 448 g/mol. The van der Waals surface area contributed by atoms with Crippen molar-refractivity contribution in [2.75, 3.05) is 19.7 Å². The monoisotopic (exact) mass is 482 g/mol. The predicted molar refractivity (Wildman–Crippen MR) is 134 cm³/mol. The minimum Gasteiger partial charge on any atom is -0.492 e. The van der Waals surface area contributed by atoms with Crippen molar-refractivity contribution in [1.82, 2.24) is 20.1 Å². The summed E-state index contributed by atoms with van der Waals surface area (Å²) in [6.45, 7) is 12.3. The maximum Gasteiger partial charge on any atom is 0.254 e. The highest BCUT2D eigenvalue weighted by Crippen LogP contribution is 2.50. The molecule has 7 nitrogen and oxygen atoms in total. The smallest absolute Gasteiger partial charge is 0.254 e. The summed E-state index contributed by atoms with van der Waals surface area (Å²) in [7, 11) is 0. The number of fused-ring (bicyclic) bond motifs is 2. The van der Waals surface area contributed by atoms with Gasteiger partial charge in [0.15, 0.2) is 0 Å². The number of carbonyl (C=O) groups is 1. The van der Waals surface area contributed by atoms with E-state index in [1.165, 1.54) is 4.88 Å². The fourth-order valence-corrected chi connectivity index (χ4v) is 6.70. The first kappa shape index (κ1) is 23.3. The summed E-state index contributed by atoms with van der Waals surface area (Å²) in [6, 6.07) is 3.75. The number of aryl methyl sites for hydroxylation is 1. The summed E-state index contributed by atoms with van der Waals surface area (Å²) >= 11 is 1.75. The highest BCUT2D eigenvalue weighted by atomic mass is 32.1. The van der Waals surface area contributed by atoms with E-state index in [4.69, 9.17) is 9.72 Å². The van der Waals surface area contributed by atoms with E-state index in [2.05, 4.69) is 31.0 Å². The van der Waals surface area contributed by atoms with E-state index >= 15 is 0 Å². The molecule has 1 aromatic carbocycles. The first-order valence-electron chi connectivity index (χ1n) is 12.2. The van der Waals surface area contributed by atoms with E-state index in [0.29, 0.717) is 31.0 Å². The molecule has 34 heavy (non-hydrogen) atoms. The molecule has 5 rings (SSSR count). The number of likely N-dealkylation sites (tertiary alicyclic amines) is 1. The van der Waals surface area contributed by atoms with Crippen LogP contribution in [0.3, 0.4) is 0 Å². The maximum absolute atomic E-state index is 13.5.